The van der Waals surface area contributed by atoms with Gasteiger partial charge in [-0.2, -0.15) is 0 Å². The molecule has 1 aliphatic rings. The SMILES string of the molecule is COc1ccccc1CCNC(=O)CCNC1CCS(=O)(=O)C1. The summed E-state index contributed by atoms with van der Waals surface area (Å²) in [6.45, 7) is 1.05. The second kappa shape index (κ2) is 8.31. The van der Waals surface area contributed by atoms with Gasteiger partial charge in [0.1, 0.15) is 5.75 Å². The number of para-hydroxylation sites is 1. The molecular formula is C16H24N2O4S. The van der Waals surface area contributed by atoms with Crippen LogP contribution in [0, 0.1) is 0 Å². The summed E-state index contributed by atoms with van der Waals surface area (Å²) in [4.78, 5) is 11.8. The molecule has 1 aromatic rings. The lowest BCUT2D eigenvalue weighted by atomic mass is 10.1. The van der Waals surface area contributed by atoms with Crippen molar-refractivity contribution in [2.45, 2.75) is 25.3 Å². The largest absolute Gasteiger partial charge is 0.496 e. The Balaban J connectivity index is 1.62. The predicted octanol–water partition coefficient (Wildman–Crippen LogP) is 0.521. The average molecular weight is 340 g/mol. The summed E-state index contributed by atoms with van der Waals surface area (Å²) in [5, 5.41) is 6.01. The van der Waals surface area contributed by atoms with E-state index in [9.17, 15) is 13.2 Å². The van der Waals surface area contributed by atoms with Crippen molar-refractivity contribution in [2.24, 2.45) is 0 Å². The molecule has 0 bridgehead atoms. The minimum Gasteiger partial charge on any atom is -0.496 e. The fourth-order valence-electron chi connectivity index (χ4n) is 2.68. The van der Waals surface area contributed by atoms with Crippen molar-refractivity contribution in [2.75, 3.05) is 31.7 Å². The van der Waals surface area contributed by atoms with Crippen molar-refractivity contribution in [1.82, 2.24) is 10.6 Å². The van der Waals surface area contributed by atoms with Crippen LogP contribution in [0.4, 0.5) is 0 Å². The first kappa shape index (κ1) is 17.7. The molecule has 128 valence electrons. The smallest absolute Gasteiger partial charge is 0.221 e. The number of carbonyl (C=O) groups is 1. The molecule has 2 rings (SSSR count). The Labute approximate surface area is 137 Å². The maximum Gasteiger partial charge on any atom is 0.221 e. The van der Waals surface area contributed by atoms with Crippen molar-refractivity contribution in [1.29, 1.82) is 0 Å². The summed E-state index contributed by atoms with van der Waals surface area (Å²) in [6, 6.07) is 7.72. The number of hydrogen-bond acceptors (Lipinski definition) is 5. The number of benzene rings is 1. The Morgan fingerprint density at radius 1 is 1.30 bits per heavy atom. The van der Waals surface area contributed by atoms with E-state index in [1.807, 2.05) is 24.3 Å². The fourth-order valence-corrected chi connectivity index (χ4v) is 4.39. The predicted molar refractivity (Wildman–Crippen MR) is 89.4 cm³/mol. The van der Waals surface area contributed by atoms with Gasteiger partial charge in [0.05, 0.1) is 18.6 Å². The molecule has 1 amide bonds. The highest BCUT2D eigenvalue weighted by atomic mass is 32.2. The Bertz CT molecular complexity index is 631. The van der Waals surface area contributed by atoms with E-state index in [1.54, 1.807) is 7.11 Å². The van der Waals surface area contributed by atoms with Gasteiger partial charge in [0.2, 0.25) is 5.91 Å². The number of nitrogens with one attached hydrogen (secondary N) is 2. The summed E-state index contributed by atoms with van der Waals surface area (Å²) in [6.07, 6.45) is 1.70. The minimum atomic E-state index is -2.87. The third-order valence-electron chi connectivity index (χ3n) is 3.93. The van der Waals surface area contributed by atoms with Crippen LogP contribution in [0.15, 0.2) is 24.3 Å². The van der Waals surface area contributed by atoms with Gasteiger partial charge in [-0.3, -0.25) is 4.79 Å². The van der Waals surface area contributed by atoms with Crippen LogP contribution in [-0.2, 0) is 21.1 Å². The highest BCUT2D eigenvalue weighted by Crippen LogP contribution is 2.17. The van der Waals surface area contributed by atoms with Crippen LogP contribution < -0.4 is 15.4 Å². The number of carbonyl (C=O) groups excluding carboxylic acids is 1. The van der Waals surface area contributed by atoms with E-state index in [-0.39, 0.29) is 23.5 Å². The topological polar surface area (TPSA) is 84.5 Å². The molecule has 1 saturated heterocycles. The lowest BCUT2D eigenvalue weighted by Gasteiger charge is -2.11. The Morgan fingerprint density at radius 3 is 2.78 bits per heavy atom. The van der Waals surface area contributed by atoms with Crippen molar-refractivity contribution < 1.29 is 17.9 Å². The zero-order valence-corrected chi connectivity index (χ0v) is 14.2. The number of methoxy groups -OCH3 is 1. The maximum atomic E-state index is 11.8. The van der Waals surface area contributed by atoms with Crippen LogP contribution in [-0.4, -0.2) is 52.1 Å². The molecule has 1 heterocycles. The van der Waals surface area contributed by atoms with E-state index in [1.165, 1.54) is 0 Å². The van der Waals surface area contributed by atoms with E-state index in [2.05, 4.69) is 10.6 Å². The minimum absolute atomic E-state index is 0.0126. The Hall–Kier alpha value is -1.60. The molecule has 0 spiro atoms. The summed E-state index contributed by atoms with van der Waals surface area (Å²) < 4.78 is 27.9. The van der Waals surface area contributed by atoms with Crippen LogP contribution in [0.1, 0.15) is 18.4 Å². The molecule has 1 aromatic carbocycles. The van der Waals surface area contributed by atoms with Crippen molar-refractivity contribution >= 4 is 15.7 Å². The van der Waals surface area contributed by atoms with Gasteiger partial charge >= 0.3 is 0 Å². The number of ether oxygens (including phenoxy) is 1. The van der Waals surface area contributed by atoms with Crippen molar-refractivity contribution in [3.63, 3.8) is 0 Å². The van der Waals surface area contributed by atoms with Crippen LogP contribution in [0.5, 0.6) is 5.75 Å². The van der Waals surface area contributed by atoms with Gasteiger partial charge in [0, 0.05) is 25.6 Å². The molecular weight excluding hydrogens is 316 g/mol. The average Bonchev–Trinajstić information content (AvgIpc) is 2.87. The van der Waals surface area contributed by atoms with Gasteiger partial charge in [-0.1, -0.05) is 18.2 Å². The zero-order valence-electron chi connectivity index (χ0n) is 13.4. The molecule has 1 fully saturated rings. The fraction of sp³-hybridized carbons (Fsp3) is 0.562. The van der Waals surface area contributed by atoms with E-state index in [0.717, 1.165) is 11.3 Å². The van der Waals surface area contributed by atoms with Gasteiger partial charge in [-0.05, 0) is 24.5 Å². The highest BCUT2D eigenvalue weighted by molar-refractivity contribution is 7.91. The molecule has 0 aliphatic carbocycles. The maximum absolute atomic E-state index is 11.8. The molecule has 7 heteroatoms. The second-order valence-corrected chi connectivity index (χ2v) is 7.94. The standard InChI is InChI=1S/C16H24N2O4S/c1-22-15-5-3-2-4-13(15)6-9-18-16(19)7-10-17-14-8-11-23(20,21)12-14/h2-5,14,17H,6-12H2,1H3,(H,18,19). The van der Waals surface area contributed by atoms with Gasteiger partial charge in [0.25, 0.3) is 0 Å². The van der Waals surface area contributed by atoms with Gasteiger partial charge < -0.3 is 15.4 Å². The van der Waals surface area contributed by atoms with Crippen molar-refractivity contribution in [3.8, 4) is 5.75 Å². The molecule has 1 atom stereocenters. The molecule has 0 aromatic heterocycles. The summed E-state index contributed by atoms with van der Waals surface area (Å²) in [5.74, 6) is 1.22. The van der Waals surface area contributed by atoms with Crippen molar-refractivity contribution in [3.05, 3.63) is 29.8 Å². The monoisotopic (exact) mass is 340 g/mol. The molecule has 1 unspecified atom stereocenters. The van der Waals surface area contributed by atoms with Gasteiger partial charge in [-0.25, -0.2) is 8.42 Å². The van der Waals surface area contributed by atoms with Gasteiger partial charge in [0.15, 0.2) is 9.84 Å². The van der Waals surface area contributed by atoms with Crippen LogP contribution in [0.25, 0.3) is 0 Å². The quantitative estimate of drug-likeness (QED) is 0.721. The first-order valence-corrected chi connectivity index (χ1v) is 9.65. The van der Waals surface area contributed by atoms with Crippen LogP contribution in [0.2, 0.25) is 0 Å². The van der Waals surface area contributed by atoms with Gasteiger partial charge in [-0.15, -0.1) is 0 Å². The number of rotatable bonds is 8. The lowest BCUT2D eigenvalue weighted by Crippen LogP contribution is -2.34. The van der Waals surface area contributed by atoms with E-state index >= 15 is 0 Å². The lowest BCUT2D eigenvalue weighted by molar-refractivity contribution is -0.120. The number of hydrogen-bond donors (Lipinski definition) is 2. The molecule has 0 radical (unpaired) electrons. The normalized spacial score (nSPS) is 19.4. The summed E-state index contributed by atoms with van der Waals surface area (Å²) in [7, 11) is -1.24. The Kier molecular flexibility index (Phi) is 6.41. The zero-order chi connectivity index (χ0) is 16.7. The van der Waals surface area contributed by atoms with E-state index < -0.39 is 9.84 Å². The number of amides is 1. The number of sulfone groups is 1. The summed E-state index contributed by atoms with van der Waals surface area (Å²) in [5.41, 5.74) is 1.06. The molecule has 0 saturated carbocycles. The molecule has 6 nitrogen and oxygen atoms in total. The van der Waals surface area contributed by atoms with E-state index in [4.69, 9.17) is 4.74 Å². The third kappa shape index (κ3) is 5.84. The van der Waals surface area contributed by atoms with E-state index in [0.29, 0.717) is 32.4 Å². The highest BCUT2D eigenvalue weighted by Gasteiger charge is 2.27. The summed E-state index contributed by atoms with van der Waals surface area (Å²) >= 11 is 0. The Morgan fingerprint density at radius 2 is 2.09 bits per heavy atom. The molecule has 23 heavy (non-hydrogen) atoms. The van der Waals surface area contributed by atoms with Crippen LogP contribution in [0.3, 0.4) is 0 Å². The molecule has 1 aliphatic heterocycles. The molecule has 2 N–H and O–H groups in total. The third-order valence-corrected chi connectivity index (χ3v) is 5.69. The second-order valence-electron chi connectivity index (χ2n) is 5.72. The first-order valence-electron chi connectivity index (χ1n) is 7.82. The first-order chi connectivity index (χ1) is 11.0. The van der Waals surface area contributed by atoms with Crippen LogP contribution >= 0.6 is 0 Å².